The Hall–Kier alpha value is -3.86. The van der Waals surface area contributed by atoms with Gasteiger partial charge in [0.05, 0.1) is 12.2 Å². The molecule has 166 valence electrons. The fourth-order valence-corrected chi connectivity index (χ4v) is 1.43. The number of anilines is 2. The fraction of sp³-hybridized carbons (Fsp3) is 0.273. The predicted octanol–water partition coefficient (Wildman–Crippen LogP) is 2.26. The van der Waals surface area contributed by atoms with E-state index < -0.39 is 0 Å². The molecule has 0 aromatic heterocycles. The van der Waals surface area contributed by atoms with Crippen molar-refractivity contribution in [3.8, 4) is 18.6 Å². The number of nitrogens with two attached hydrogens (primary N) is 2. The molecule has 1 aromatic carbocycles. The zero-order chi connectivity index (χ0) is 23.8. The minimum atomic E-state index is -0.388. The molecule has 30 heavy (non-hydrogen) atoms. The second kappa shape index (κ2) is 23.2. The van der Waals surface area contributed by atoms with E-state index in [2.05, 4.69) is 36.6 Å². The topological polar surface area (TPSA) is 129 Å². The Kier molecular flexibility index (Phi) is 23.8. The highest BCUT2D eigenvalue weighted by Gasteiger charge is 2.01. The number of carbonyl (C=O) groups is 2. The number of likely N-dealkylation sites (N-methyl/N-ethyl adjacent to an activating group) is 1. The number of benzene rings is 1. The molecule has 0 fully saturated rings. The third-order valence-electron chi connectivity index (χ3n) is 2.67. The van der Waals surface area contributed by atoms with Gasteiger partial charge in [-0.05, 0) is 32.0 Å². The summed E-state index contributed by atoms with van der Waals surface area (Å²) in [5.41, 5.74) is 13.1. The Labute approximate surface area is 180 Å². The van der Waals surface area contributed by atoms with Crippen molar-refractivity contribution in [2.75, 3.05) is 38.3 Å². The Bertz CT molecular complexity index is 670. The number of nitrogen functional groups attached to an aromatic ring is 2. The van der Waals surface area contributed by atoms with E-state index in [-0.39, 0.29) is 19.2 Å². The average Bonchev–Trinajstić information content (AvgIpc) is 2.73. The Morgan fingerprint density at radius 2 is 1.83 bits per heavy atom. The molecule has 1 rings (SSSR count). The van der Waals surface area contributed by atoms with Crippen LogP contribution in [0.25, 0.3) is 0 Å². The summed E-state index contributed by atoms with van der Waals surface area (Å²) in [7, 11) is 1.76. The standard InChI is InChI=1S/C12H16N2O3.C5H10N2O.C3H6.C2H2/c1-2-3-12(15)17-7-6-16-11-5-4-9(13)8-10(11)14;1-5(6-2)3-7-4-8;1-3-2;1-2/h2-5,8H,6-7,13-14H2,1H3;4,6H,1,3H2,2H3,(H,7,8);3H,1H2,2H3;1-2H/b3-2+;;;. The molecule has 6 N–H and O–H groups in total. The van der Waals surface area contributed by atoms with Crippen LogP contribution in [0.5, 0.6) is 5.75 Å². The van der Waals surface area contributed by atoms with Crippen LogP contribution in [0.3, 0.4) is 0 Å². The first-order chi connectivity index (χ1) is 14.4. The largest absolute Gasteiger partial charge is 0.488 e. The zero-order valence-electron chi connectivity index (χ0n) is 18.0. The van der Waals surface area contributed by atoms with Crippen molar-refractivity contribution < 1.29 is 19.1 Å². The number of esters is 1. The molecule has 1 amide bonds. The van der Waals surface area contributed by atoms with Crippen molar-refractivity contribution in [3.05, 3.63) is 55.3 Å². The second-order valence-corrected chi connectivity index (χ2v) is 5.07. The maximum atomic E-state index is 11.0. The van der Waals surface area contributed by atoms with E-state index in [1.807, 2.05) is 6.92 Å². The van der Waals surface area contributed by atoms with Crippen molar-refractivity contribution in [3.63, 3.8) is 0 Å². The number of allylic oxidation sites excluding steroid dienone is 2. The van der Waals surface area contributed by atoms with E-state index in [1.165, 1.54) is 6.08 Å². The van der Waals surface area contributed by atoms with Gasteiger partial charge in [-0.2, -0.15) is 0 Å². The fourth-order valence-electron chi connectivity index (χ4n) is 1.43. The highest BCUT2D eigenvalue weighted by molar-refractivity contribution is 5.81. The molecule has 0 heterocycles. The number of carbonyl (C=O) groups excluding carboxylic acids is 2. The van der Waals surface area contributed by atoms with Crippen LogP contribution in [0.15, 0.2) is 55.3 Å². The lowest BCUT2D eigenvalue weighted by atomic mass is 10.2. The predicted molar refractivity (Wildman–Crippen MR) is 125 cm³/mol. The minimum absolute atomic E-state index is 0.174. The van der Waals surface area contributed by atoms with Gasteiger partial charge in [0.25, 0.3) is 0 Å². The number of amides is 1. The van der Waals surface area contributed by atoms with Crippen LogP contribution in [0.4, 0.5) is 11.4 Å². The summed E-state index contributed by atoms with van der Waals surface area (Å²) in [6.07, 6.45) is 13.3. The monoisotopic (exact) mass is 418 g/mol. The lowest BCUT2D eigenvalue weighted by Gasteiger charge is -2.09. The highest BCUT2D eigenvalue weighted by atomic mass is 16.6. The molecule has 0 saturated carbocycles. The van der Waals surface area contributed by atoms with Gasteiger partial charge >= 0.3 is 5.97 Å². The average molecular weight is 419 g/mol. The highest BCUT2D eigenvalue weighted by Crippen LogP contribution is 2.23. The summed E-state index contributed by atoms with van der Waals surface area (Å²) in [4.78, 5) is 20.6. The van der Waals surface area contributed by atoms with Crippen LogP contribution in [0, 0.1) is 12.8 Å². The Morgan fingerprint density at radius 1 is 1.23 bits per heavy atom. The molecule has 8 heteroatoms. The van der Waals surface area contributed by atoms with E-state index in [1.54, 1.807) is 44.3 Å². The van der Waals surface area contributed by atoms with Gasteiger partial charge in [-0.3, -0.25) is 4.79 Å². The number of hydrogen-bond acceptors (Lipinski definition) is 7. The Balaban J connectivity index is -0.000000469. The first kappa shape index (κ1) is 30.9. The maximum absolute atomic E-state index is 11.0. The van der Waals surface area contributed by atoms with Gasteiger partial charge in [-0.15, -0.1) is 19.4 Å². The van der Waals surface area contributed by atoms with Crippen LogP contribution < -0.4 is 26.8 Å². The summed E-state index contributed by atoms with van der Waals surface area (Å²) in [5, 5.41) is 5.24. The van der Waals surface area contributed by atoms with Crippen LogP contribution >= 0.6 is 0 Å². The molecule has 0 aliphatic heterocycles. The normalized spacial score (nSPS) is 8.43. The van der Waals surface area contributed by atoms with Gasteiger partial charge < -0.3 is 31.6 Å². The second-order valence-electron chi connectivity index (χ2n) is 5.07. The van der Waals surface area contributed by atoms with Crippen LogP contribution in [0.1, 0.15) is 13.8 Å². The number of hydrogen-bond donors (Lipinski definition) is 4. The number of nitrogens with one attached hydrogen (secondary N) is 2. The van der Waals surface area contributed by atoms with E-state index >= 15 is 0 Å². The van der Waals surface area contributed by atoms with E-state index in [0.29, 0.717) is 30.1 Å². The molecular weight excluding hydrogens is 384 g/mol. The zero-order valence-corrected chi connectivity index (χ0v) is 18.0. The molecule has 0 spiro atoms. The van der Waals surface area contributed by atoms with Crippen LogP contribution in [-0.2, 0) is 14.3 Å². The van der Waals surface area contributed by atoms with Gasteiger partial charge in [-0.1, -0.05) is 18.7 Å². The van der Waals surface area contributed by atoms with Gasteiger partial charge in [0.2, 0.25) is 6.41 Å². The molecule has 0 unspecified atom stereocenters. The third-order valence-corrected chi connectivity index (χ3v) is 2.67. The smallest absolute Gasteiger partial charge is 0.330 e. The minimum Gasteiger partial charge on any atom is -0.488 e. The van der Waals surface area contributed by atoms with Crippen molar-refractivity contribution in [2.45, 2.75) is 13.8 Å². The number of ether oxygens (including phenoxy) is 2. The SMILES string of the molecule is C#C.C/C=C/C(=O)OCCOc1ccc(N)cc1N.C=C(CNC=O)NC.C=CC. The van der Waals surface area contributed by atoms with Crippen LogP contribution in [0.2, 0.25) is 0 Å². The first-order valence-corrected chi connectivity index (χ1v) is 8.86. The van der Waals surface area contributed by atoms with Crippen molar-refractivity contribution in [1.29, 1.82) is 0 Å². The lowest BCUT2D eigenvalue weighted by Crippen LogP contribution is -2.20. The van der Waals surface area contributed by atoms with Gasteiger partial charge in [-0.25, -0.2) is 4.79 Å². The number of terminal acetylenes is 1. The summed E-state index contributed by atoms with van der Waals surface area (Å²) < 4.78 is 10.2. The molecule has 0 aliphatic rings. The van der Waals surface area contributed by atoms with Gasteiger partial charge in [0.15, 0.2) is 0 Å². The molecular formula is C22H34N4O4. The molecule has 0 atom stereocenters. The first-order valence-electron chi connectivity index (χ1n) is 8.86. The van der Waals surface area contributed by atoms with E-state index in [9.17, 15) is 9.59 Å². The molecule has 0 bridgehead atoms. The van der Waals surface area contributed by atoms with E-state index in [4.69, 9.17) is 20.9 Å². The Morgan fingerprint density at radius 3 is 2.30 bits per heavy atom. The van der Waals surface area contributed by atoms with Gasteiger partial charge in [0.1, 0.15) is 19.0 Å². The molecule has 0 aliphatic carbocycles. The maximum Gasteiger partial charge on any atom is 0.330 e. The lowest BCUT2D eigenvalue weighted by molar-refractivity contribution is -0.138. The van der Waals surface area contributed by atoms with Gasteiger partial charge in [0, 0.05) is 24.5 Å². The third kappa shape index (κ3) is 20.5. The van der Waals surface area contributed by atoms with Crippen molar-refractivity contribution >= 4 is 23.8 Å². The van der Waals surface area contributed by atoms with E-state index in [0.717, 1.165) is 5.70 Å². The summed E-state index contributed by atoms with van der Waals surface area (Å²) in [6, 6.07) is 4.98. The molecule has 0 saturated heterocycles. The van der Waals surface area contributed by atoms with Crippen LogP contribution in [-0.4, -0.2) is 39.2 Å². The summed E-state index contributed by atoms with van der Waals surface area (Å²) in [5.74, 6) is 0.141. The molecule has 8 nitrogen and oxygen atoms in total. The van der Waals surface area contributed by atoms with Crippen molar-refractivity contribution in [1.82, 2.24) is 10.6 Å². The molecule has 0 radical (unpaired) electrons. The quantitative estimate of drug-likeness (QED) is 0.0921. The molecule has 1 aromatic rings. The van der Waals surface area contributed by atoms with Crippen molar-refractivity contribution in [2.24, 2.45) is 0 Å². The summed E-state index contributed by atoms with van der Waals surface area (Å²) in [6.45, 7) is 11.5. The number of rotatable bonds is 9. The summed E-state index contributed by atoms with van der Waals surface area (Å²) >= 11 is 0.